The molecule has 22 heavy (non-hydrogen) atoms. The maximum atomic E-state index is 12.0. The lowest BCUT2D eigenvalue weighted by molar-refractivity contribution is -0.132. The highest BCUT2D eigenvalue weighted by Crippen LogP contribution is 2.23. The summed E-state index contributed by atoms with van der Waals surface area (Å²) in [6.07, 6.45) is 3.09. The van der Waals surface area contributed by atoms with Crippen molar-refractivity contribution >= 4 is 11.8 Å². The van der Waals surface area contributed by atoms with E-state index >= 15 is 0 Å². The fourth-order valence-corrected chi connectivity index (χ4v) is 1.74. The van der Waals surface area contributed by atoms with Gasteiger partial charge in [0.05, 0.1) is 12.2 Å². The van der Waals surface area contributed by atoms with E-state index in [-0.39, 0.29) is 35.7 Å². The molecule has 0 amide bonds. The van der Waals surface area contributed by atoms with Crippen molar-refractivity contribution in [1.29, 1.82) is 0 Å². The van der Waals surface area contributed by atoms with Crippen LogP contribution in [0.2, 0.25) is 0 Å². The van der Waals surface area contributed by atoms with E-state index in [9.17, 15) is 19.8 Å². The number of hydrogen-bond donors (Lipinski definition) is 4. The third-order valence-corrected chi connectivity index (χ3v) is 2.98. The number of carboxylic acids is 1. The first kappa shape index (κ1) is 17.5. The lowest BCUT2D eigenvalue weighted by atomic mass is 10.0. The van der Waals surface area contributed by atoms with Gasteiger partial charge in [-0.1, -0.05) is 11.6 Å². The number of aliphatic hydroxyl groups is 1. The van der Waals surface area contributed by atoms with E-state index in [0.29, 0.717) is 12.0 Å². The molecule has 0 aliphatic rings. The molecule has 1 rings (SSSR count). The van der Waals surface area contributed by atoms with Gasteiger partial charge >= 0.3 is 5.97 Å². The molecule has 0 aromatic heterocycles. The van der Waals surface area contributed by atoms with Crippen LogP contribution in [-0.4, -0.2) is 38.8 Å². The summed E-state index contributed by atoms with van der Waals surface area (Å²) < 4.78 is 0. The maximum absolute atomic E-state index is 12.0. The number of carbonyl (C=O) groups excluding carboxylic acids is 1. The van der Waals surface area contributed by atoms with E-state index in [1.807, 2.05) is 0 Å². The maximum Gasteiger partial charge on any atom is 0.331 e. The summed E-state index contributed by atoms with van der Waals surface area (Å²) in [5.74, 6) is -2.47. The van der Waals surface area contributed by atoms with Crippen molar-refractivity contribution in [3.8, 4) is 11.5 Å². The Hall–Kier alpha value is -2.60. The van der Waals surface area contributed by atoms with E-state index in [2.05, 4.69) is 0 Å². The summed E-state index contributed by atoms with van der Waals surface area (Å²) in [6, 6.07) is 3.45. The summed E-state index contributed by atoms with van der Waals surface area (Å²) in [5, 5.41) is 36.9. The SMILES string of the molecule is C/C(=C/CC/C(=C/C(=O)c1cc(O)ccc1O)C(=O)O)CO. The highest BCUT2D eigenvalue weighted by Gasteiger charge is 2.14. The van der Waals surface area contributed by atoms with Crippen LogP contribution < -0.4 is 0 Å². The van der Waals surface area contributed by atoms with Crippen LogP contribution in [-0.2, 0) is 4.79 Å². The van der Waals surface area contributed by atoms with Gasteiger partial charge in [0, 0.05) is 5.57 Å². The van der Waals surface area contributed by atoms with Crippen LogP contribution in [0.1, 0.15) is 30.1 Å². The van der Waals surface area contributed by atoms with Crippen LogP contribution in [0.4, 0.5) is 0 Å². The van der Waals surface area contributed by atoms with Crippen LogP contribution in [0.25, 0.3) is 0 Å². The molecule has 0 unspecified atom stereocenters. The molecule has 0 fully saturated rings. The molecule has 0 aliphatic carbocycles. The molecule has 0 bridgehead atoms. The molecule has 4 N–H and O–H groups in total. The Kier molecular flexibility index (Phi) is 6.34. The third kappa shape index (κ3) is 5.06. The Morgan fingerprint density at radius 1 is 1.23 bits per heavy atom. The Morgan fingerprint density at radius 2 is 1.91 bits per heavy atom. The number of aliphatic carboxylic acids is 1. The second kappa shape index (κ2) is 7.99. The second-order valence-electron chi connectivity index (χ2n) is 4.79. The smallest absolute Gasteiger partial charge is 0.331 e. The molecule has 6 heteroatoms. The van der Waals surface area contributed by atoms with Crippen molar-refractivity contribution in [1.82, 2.24) is 0 Å². The number of aliphatic hydroxyl groups excluding tert-OH is 1. The highest BCUT2D eigenvalue weighted by atomic mass is 16.4. The molecular weight excluding hydrogens is 288 g/mol. The molecule has 0 aliphatic heterocycles. The molecule has 0 saturated carbocycles. The minimum Gasteiger partial charge on any atom is -0.508 e. The van der Waals surface area contributed by atoms with Gasteiger partial charge in [0.15, 0.2) is 5.78 Å². The Bertz CT molecular complexity index is 628. The molecule has 0 atom stereocenters. The Labute approximate surface area is 127 Å². The number of aromatic hydroxyl groups is 2. The largest absolute Gasteiger partial charge is 0.508 e. The van der Waals surface area contributed by atoms with E-state index in [1.165, 1.54) is 6.07 Å². The molecule has 6 nitrogen and oxygen atoms in total. The molecule has 0 heterocycles. The lowest BCUT2D eigenvalue weighted by Crippen LogP contribution is -2.05. The number of benzene rings is 1. The van der Waals surface area contributed by atoms with E-state index < -0.39 is 11.8 Å². The Morgan fingerprint density at radius 3 is 2.50 bits per heavy atom. The van der Waals surface area contributed by atoms with Crippen molar-refractivity contribution < 1.29 is 30.0 Å². The number of ketones is 1. The monoisotopic (exact) mass is 306 g/mol. The summed E-state index contributed by atoms with van der Waals surface area (Å²) in [5.41, 5.74) is 0.428. The Balaban J connectivity index is 2.95. The fourth-order valence-electron chi connectivity index (χ4n) is 1.74. The lowest BCUT2D eigenvalue weighted by Gasteiger charge is -2.04. The van der Waals surface area contributed by atoms with Gasteiger partial charge in [-0.25, -0.2) is 4.79 Å². The summed E-state index contributed by atoms with van der Waals surface area (Å²) in [6.45, 7) is 1.60. The normalized spacial score (nSPS) is 12.3. The number of carboxylic acid groups (broad SMARTS) is 1. The van der Waals surface area contributed by atoms with Crippen LogP contribution in [0.15, 0.2) is 41.5 Å². The van der Waals surface area contributed by atoms with Crippen molar-refractivity contribution in [3.05, 3.63) is 47.1 Å². The van der Waals surface area contributed by atoms with Crippen molar-refractivity contribution in [2.75, 3.05) is 6.61 Å². The number of hydrogen-bond acceptors (Lipinski definition) is 5. The minimum atomic E-state index is -1.23. The van der Waals surface area contributed by atoms with Crippen LogP contribution in [0.5, 0.6) is 11.5 Å². The number of rotatable bonds is 7. The van der Waals surface area contributed by atoms with Crippen LogP contribution in [0.3, 0.4) is 0 Å². The molecule has 0 radical (unpaired) electrons. The van der Waals surface area contributed by atoms with E-state index in [1.54, 1.807) is 13.0 Å². The van der Waals surface area contributed by atoms with E-state index in [4.69, 9.17) is 10.2 Å². The van der Waals surface area contributed by atoms with Crippen molar-refractivity contribution in [3.63, 3.8) is 0 Å². The predicted molar refractivity (Wildman–Crippen MR) is 79.9 cm³/mol. The molecule has 0 saturated heterocycles. The van der Waals surface area contributed by atoms with Crippen LogP contribution >= 0.6 is 0 Å². The predicted octanol–water partition coefficient (Wildman–Crippen LogP) is 2.01. The average molecular weight is 306 g/mol. The first-order valence-electron chi connectivity index (χ1n) is 6.61. The third-order valence-electron chi connectivity index (χ3n) is 2.98. The summed E-state index contributed by atoms with van der Waals surface area (Å²) in [4.78, 5) is 23.2. The molecular formula is C16H18O6. The number of allylic oxidation sites excluding steroid dienone is 2. The van der Waals surface area contributed by atoms with E-state index in [0.717, 1.165) is 18.2 Å². The highest BCUT2D eigenvalue weighted by molar-refractivity contribution is 6.10. The molecule has 1 aromatic rings. The number of phenolic OH excluding ortho intramolecular Hbond substituents is 2. The summed E-state index contributed by atoms with van der Waals surface area (Å²) >= 11 is 0. The zero-order chi connectivity index (χ0) is 16.7. The first-order valence-corrected chi connectivity index (χ1v) is 6.61. The first-order chi connectivity index (χ1) is 10.3. The van der Waals surface area contributed by atoms with Gasteiger partial charge < -0.3 is 20.4 Å². The van der Waals surface area contributed by atoms with Gasteiger partial charge in [0.2, 0.25) is 0 Å². The van der Waals surface area contributed by atoms with Gasteiger partial charge in [0.1, 0.15) is 11.5 Å². The standard InChI is InChI=1S/C16H18O6/c1-10(9-17)3-2-4-11(16(21)22)7-15(20)13-8-12(18)5-6-14(13)19/h3,5-8,17-19H,2,4,9H2,1H3,(H,21,22)/b10-3-,11-7-. The zero-order valence-electron chi connectivity index (χ0n) is 12.1. The van der Waals surface area contributed by atoms with Crippen LogP contribution in [0, 0.1) is 0 Å². The number of carbonyl (C=O) groups is 2. The molecule has 0 spiro atoms. The van der Waals surface area contributed by atoms with Gasteiger partial charge in [-0.15, -0.1) is 0 Å². The zero-order valence-corrected chi connectivity index (χ0v) is 12.1. The van der Waals surface area contributed by atoms with Crippen molar-refractivity contribution in [2.24, 2.45) is 0 Å². The fraction of sp³-hybridized carbons (Fsp3) is 0.250. The molecule has 1 aromatic carbocycles. The van der Waals surface area contributed by atoms with Gasteiger partial charge in [-0.2, -0.15) is 0 Å². The quantitative estimate of drug-likeness (QED) is 0.265. The number of phenols is 2. The van der Waals surface area contributed by atoms with Gasteiger partial charge in [-0.3, -0.25) is 4.79 Å². The minimum absolute atomic E-state index is 0.109. The van der Waals surface area contributed by atoms with Gasteiger partial charge in [-0.05, 0) is 44.0 Å². The van der Waals surface area contributed by atoms with Gasteiger partial charge in [0.25, 0.3) is 0 Å². The van der Waals surface area contributed by atoms with Crippen molar-refractivity contribution in [2.45, 2.75) is 19.8 Å². The average Bonchev–Trinajstić information content (AvgIpc) is 2.47. The molecule has 118 valence electrons. The summed E-state index contributed by atoms with van der Waals surface area (Å²) in [7, 11) is 0. The second-order valence-corrected chi connectivity index (χ2v) is 4.79. The topological polar surface area (TPSA) is 115 Å².